The highest BCUT2D eigenvalue weighted by Crippen LogP contribution is 2.36. The summed E-state index contributed by atoms with van der Waals surface area (Å²) in [6, 6.07) is 7.09. The summed E-state index contributed by atoms with van der Waals surface area (Å²) in [5.41, 5.74) is 7.86. The number of nitrogens with zero attached hydrogens (tertiary/aromatic N) is 1. The van der Waals surface area contributed by atoms with Gasteiger partial charge in [0, 0.05) is 11.8 Å². The van der Waals surface area contributed by atoms with E-state index in [4.69, 9.17) is 26.8 Å². The molecular formula is C13H13ClN2O2. The van der Waals surface area contributed by atoms with E-state index in [0.717, 1.165) is 5.56 Å². The van der Waals surface area contributed by atoms with Gasteiger partial charge in [-0.3, -0.25) is 4.98 Å². The fourth-order valence-corrected chi connectivity index (χ4v) is 1.95. The molecule has 0 saturated heterocycles. The lowest BCUT2D eigenvalue weighted by atomic mass is 10.1. The van der Waals surface area contributed by atoms with Gasteiger partial charge in [-0.2, -0.15) is 0 Å². The quantitative estimate of drug-likeness (QED) is 0.926. The average molecular weight is 265 g/mol. The maximum atomic E-state index is 6.09. The zero-order chi connectivity index (χ0) is 13.1. The second kappa shape index (κ2) is 5.14. The summed E-state index contributed by atoms with van der Waals surface area (Å²) in [6.07, 6.45) is 1.63. The second-order valence-electron chi connectivity index (χ2n) is 3.63. The van der Waals surface area contributed by atoms with Crippen LogP contribution in [0.5, 0.6) is 11.5 Å². The van der Waals surface area contributed by atoms with Gasteiger partial charge in [0.15, 0.2) is 5.75 Å². The summed E-state index contributed by atoms with van der Waals surface area (Å²) >= 11 is 6.09. The first-order chi connectivity index (χ1) is 8.67. The van der Waals surface area contributed by atoms with Crippen LogP contribution in [0.3, 0.4) is 0 Å². The molecule has 5 heteroatoms. The predicted octanol–water partition coefficient (Wildman–Crippen LogP) is 3.00. The molecule has 0 radical (unpaired) electrons. The average Bonchev–Trinajstić information content (AvgIpc) is 2.38. The molecule has 0 bridgehead atoms. The van der Waals surface area contributed by atoms with Crippen LogP contribution < -0.4 is 15.2 Å². The van der Waals surface area contributed by atoms with E-state index in [-0.39, 0.29) is 0 Å². The summed E-state index contributed by atoms with van der Waals surface area (Å²) in [5.74, 6) is 1.15. The van der Waals surface area contributed by atoms with Gasteiger partial charge in [0.1, 0.15) is 11.4 Å². The molecular weight excluding hydrogens is 252 g/mol. The van der Waals surface area contributed by atoms with Crippen LogP contribution in [-0.4, -0.2) is 19.2 Å². The number of benzene rings is 1. The van der Waals surface area contributed by atoms with Gasteiger partial charge in [-0.25, -0.2) is 0 Å². The summed E-state index contributed by atoms with van der Waals surface area (Å²) in [7, 11) is 3.13. The number of nitrogen functional groups attached to an aromatic ring is 1. The summed E-state index contributed by atoms with van der Waals surface area (Å²) < 4.78 is 10.4. The van der Waals surface area contributed by atoms with Crippen LogP contribution in [0.15, 0.2) is 30.5 Å². The maximum absolute atomic E-state index is 6.09. The van der Waals surface area contributed by atoms with Gasteiger partial charge in [0.05, 0.1) is 24.9 Å². The van der Waals surface area contributed by atoms with Crippen molar-refractivity contribution in [1.29, 1.82) is 0 Å². The minimum Gasteiger partial charge on any atom is -0.495 e. The van der Waals surface area contributed by atoms with Crippen molar-refractivity contribution in [3.63, 3.8) is 0 Å². The van der Waals surface area contributed by atoms with Crippen molar-refractivity contribution in [3.05, 3.63) is 35.5 Å². The highest BCUT2D eigenvalue weighted by atomic mass is 35.5. The Balaban J connectivity index is 2.55. The van der Waals surface area contributed by atoms with E-state index in [1.807, 2.05) is 6.07 Å². The molecule has 0 aliphatic carbocycles. The van der Waals surface area contributed by atoms with Crippen LogP contribution in [0.25, 0.3) is 11.3 Å². The standard InChI is InChI=1S/C13H13ClN2O2/c1-17-11-4-3-8(7-9(11)14)12-13(18-2)10(15)5-6-16-12/h3-7H,1-2H3,(H2,15,16). The molecule has 0 aliphatic heterocycles. The van der Waals surface area contributed by atoms with E-state index in [0.29, 0.717) is 27.9 Å². The fourth-order valence-electron chi connectivity index (χ4n) is 1.70. The lowest BCUT2D eigenvalue weighted by molar-refractivity contribution is 0.414. The minimum atomic E-state index is 0.515. The normalized spacial score (nSPS) is 10.2. The molecule has 0 amide bonds. The Labute approximate surface area is 110 Å². The van der Waals surface area contributed by atoms with Gasteiger partial charge in [0.25, 0.3) is 0 Å². The van der Waals surface area contributed by atoms with Gasteiger partial charge >= 0.3 is 0 Å². The maximum Gasteiger partial charge on any atom is 0.167 e. The van der Waals surface area contributed by atoms with Crippen molar-refractivity contribution in [1.82, 2.24) is 4.98 Å². The van der Waals surface area contributed by atoms with Gasteiger partial charge in [-0.05, 0) is 24.3 Å². The van der Waals surface area contributed by atoms with E-state index in [1.54, 1.807) is 38.6 Å². The van der Waals surface area contributed by atoms with E-state index in [9.17, 15) is 0 Å². The van der Waals surface area contributed by atoms with Crippen LogP contribution >= 0.6 is 11.6 Å². The van der Waals surface area contributed by atoms with Crippen LogP contribution in [0.2, 0.25) is 5.02 Å². The zero-order valence-electron chi connectivity index (χ0n) is 10.1. The smallest absolute Gasteiger partial charge is 0.167 e. The molecule has 2 rings (SSSR count). The number of ether oxygens (including phenoxy) is 2. The molecule has 94 valence electrons. The molecule has 0 aliphatic rings. The molecule has 0 atom stereocenters. The number of aromatic nitrogens is 1. The molecule has 0 fully saturated rings. The van der Waals surface area contributed by atoms with Crippen LogP contribution in [0, 0.1) is 0 Å². The zero-order valence-corrected chi connectivity index (χ0v) is 10.9. The lowest BCUT2D eigenvalue weighted by Crippen LogP contribution is -1.97. The van der Waals surface area contributed by atoms with Gasteiger partial charge in [-0.15, -0.1) is 0 Å². The molecule has 1 heterocycles. The Morgan fingerprint density at radius 2 is 1.94 bits per heavy atom. The van der Waals surface area contributed by atoms with Crippen molar-refractivity contribution in [2.24, 2.45) is 0 Å². The topological polar surface area (TPSA) is 57.4 Å². The number of methoxy groups -OCH3 is 2. The van der Waals surface area contributed by atoms with E-state index >= 15 is 0 Å². The number of hydrogen-bond donors (Lipinski definition) is 1. The minimum absolute atomic E-state index is 0.515. The van der Waals surface area contributed by atoms with Crippen LogP contribution in [0.4, 0.5) is 5.69 Å². The SMILES string of the molecule is COc1ccc(-c2nccc(N)c2OC)cc1Cl. The number of hydrogen-bond acceptors (Lipinski definition) is 4. The number of halogens is 1. The largest absolute Gasteiger partial charge is 0.495 e. The highest BCUT2D eigenvalue weighted by molar-refractivity contribution is 6.32. The van der Waals surface area contributed by atoms with Crippen molar-refractivity contribution < 1.29 is 9.47 Å². The third kappa shape index (κ3) is 2.19. The van der Waals surface area contributed by atoms with Crippen LogP contribution in [0.1, 0.15) is 0 Å². The molecule has 4 nitrogen and oxygen atoms in total. The highest BCUT2D eigenvalue weighted by Gasteiger charge is 2.12. The molecule has 0 spiro atoms. The Morgan fingerprint density at radius 3 is 2.56 bits per heavy atom. The molecule has 1 aromatic carbocycles. The summed E-state index contributed by atoms with van der Waals surface area (Å²) in [4.78, 5) is 4.27. The molecule has 2 aromatic rings. The Kier molecular flexibility index (Phi) is 3.58. The first kappa shape index (κ1) is 12.5. The Hall–Kier alpha value is -1.94. The number of anilines is 1. The van der Waals surface area contributed by atoms with Crippen molar-refractivity contribution in [2.75, 3.05) is 20.0 Å². The third-order valence-electron chi connectivity index (χ3n) is 2.56. The van der Waals surface area contributed by atoms with Crippen molar-refractivity contribution in [3.8, 4) is 22.8 Å². The van der Waals surface area contributed by atoms with Gasteiger partial charge < -0.3 is 15.2 Å². The first-order valence-corrected chi connectivity index (χ1v) is 5.67. The van der Waals surface area contributed by atoms with E-state index < -0.39 is 0 Å². The Morgan fingerprint density at radius 1 is 1.17 bits per heavy atom. The molecule has 1 aromatic heterocycles. The first-order valence-electron chi connectivity index (χ1n) is 5.29. The van der Waals surface area contributed by atoms with Crippen molar-refractivity contribution in [2.45, 2.75) is 0 Å². The molecule has 0 saturated carbocycles. The lowest BCUT2D eigenvalue weighted by Gasteiger charge is -2.11. The van der Waals surface area contributed by atoms with E-state index in [2.05, 4.69) is 4.98 Å². The number of rotatable bonds is 3. The number of nitrogens with two attached hydrogens (primary N) is 1. The summed E-state index contributed by atoms with van der Waals surface area (Å²) in [6.45, 7) is 0. The Bertz CT molecular complexity index is 573. The number of pyridine rings is 1. The molecule has 2 N–H and O–H groups in total. The van der Waals surface area contributed by atoms with Gasteiger partial charge in [-0.1, -0.05) is 11.6 Å². The molecule has 18 heavy (non-hydrogen) atoms. The monoisotopic (exact) mass is 264 g/mol. The van der Waals surface area contributed by atoms with Crippen molar-refractivity contribution >= 4 is 17.3 Å². The second-order valence-corrected chi connectivity index (χ2v) is 4.04. The van der Waals surface area contributed by atoms with E-state index in [1.165, 1.54) is 0 Å². The van der Waals surface area contributed by atoms with Crippen LogP contribution in [-0.2, 0) is 0 Å². The summed E-state index contributed by atoms with van der Waals surface area (Å²) in [5, 5.41) is 0.515. The third-order valence-corrected chi connectivity index (χ3v) is 2.86. The predicted molar refractivity (Wildman–Crippen MR) is 72.2 cm³/mol. The fraction of sp³-hybridized carbons (Fsp3) is 0.154. The molecule has 0 unspecified atom stereocenters. The van der Waals surface area contributed by atoms with Gasteiger partial charge in [0.2, 0.25) is 0 Å².